The Labute approximate surface area is 211 Å². The van der Waals surface area contributed by atoms with Crippen molar-refractivity contribution in [2.75, 3.05) is 0 Å². The Morgan fingerprint density at radius 1 is 0.912 bits per heavy atom. The van der Waals surface area contributed by atoms with Crippen molar-refractivity contribution in [2.24, 2.45) is 0 Å². The summed E-state index contributed by atoms with van der Waals surface area (Å²) in [6.07, 6.45) is 1.33. The van der Waals surface area contributed by atoms with E-state index in [1.54, 1.807) is 23.1 Å². The van der Waals surface area contributed by atoms with Crippen molar-refractivity contribution in [1.29, 1.82) is 0 Å². The first kappa shape index (κ1) is 25.8. The summed E-state index contributed by atoms with van der Waals surface area (Å²) in [4.78, 5) is 28.8. The fourth-order valence-corrected chi connectivity index (χ4v) is 4.14. The van der Waals surface area contributed by atoms with Crippen molar-refractivity contribution < 1.29 is 9.59 Å². The largest absolute Gasteiger partial charge is 0.352 e. The van der Waals surface area contributed by atoms with Gasteiger partial charge < -0.3 is 10.2 Å². The molecule has 1 N–H and O–H groups in total. The Bertz CT molecular complexity index is 1100. The van der Waals surface area contributed by atoms with Crippen LogP contribution in [0.3, 0.4) is 0 Å². The molecule has 4 nitrogen and oxygen atoms in total. The van der Waals surface area contributed by atoms with Crippen LogP contribution in [0.2, 0.25) is 10.0 Å². The summed E-state index contributed by atoms with van der Waals surface area (Å²) in [5, 5.41) is 4.20. The Hall–Kier alpha value is -2.82. The maximum Gasteiger partial charge on any atom is 0.243 e. The zero-order chi connectivity index (χ0) is 24.5. The van der Waals surface area contributed by atoms with E-state index in [0.29, 0.717) is 16.5 Å². The molecule has 3 aromatic carbocycles. The molecule has 6 heteroatoms. The lowest BCUT2D eigenvalue weighted by Crippen LogP contribution is -2.52. The maximum absolute atomic E-state index is 13.7. The molecule has 0 spiro atoms. The van der Waals surface area contributed by atoms with Crippen LogP contribution >= 0.6 is 23.2 Å². The fourth-order valence-electron chi connectivity index (χ4n) is 3.73. The van der Waals surface area contributed by atoms with Gasteiger partial charge in [-0.1, -0.05) is 90.8 Å². The predicted octanol–water partition coefficient (Wildman–Crippen LogP) is 6.09. The van der Waals surface area contributed by atoms with Gasteiger partial charge in [0.2, 0.25) is 11.8 Å². The number of carbonyl (C=O) groups is 2. The Morgan fingerprint density at radius 2 is 1.59 bits per heavy atom. The molecule has 2 amide bonds. The molecule has 3 rings (SSSR count). The smallest absolute Gasteiger partial charge is 0.243 e. The number of nitrogens with one attached hydrogen (secondary N) is 1. The molecule has 0 fully saturated rings. The SMILES string of the molecule is CC[C@H](C)NC(=O)[C@H](Cc1ccccc1)N(Cc1ccccc1Cl)C(=O)Cc1cccc(Cl)c1. The molecule has 0 aliphatic carbocycles. The van der Waals surface area contributed by atoms with Crippen LogP contribution < -0.4 is 5.32 Å². The highest BCUT2D eigenvalue weighted by Gasteiger charge is 2.31. The van der Waals surface area contributed by atoms with Crippen molar-refractivity contribution in [3.63, 3.8) is 0 Å². The molecule has 0 bridgehead atoms. The lowest BCUT2D eigenvalue weighted by atomic mass is 10.0. The number of hydrogen-bond acceptors (Lipinski definition) is 2. The second kappa shape index (κ2) is 12.6. The third kappa shape index (κ3) is 7.34. The first-order valence-corrected chi connectivity index (χ1v) is 12.2. The van der Waals surface area contributed by atoms with Gasteiger partial charge in [-0.3, -0.25) is 9.59 Å². The monoisotopic (exact) mass is 496 g/mol. The molecule has 2 atom stereocenters. The highest BCUT2D eigenvalue weighted by Crippen LogP contribution is 2.22. The number of rotatable bonds is 10. The van der Waals surface area contributed by atoms with Crippen LogP contribution in [0.4, 0.5) is 0 Å². The lowest BCUT2D eigenvalue weighted by Gasteiger charge is -2.32. The van der Waals surface area contributed by atoms with Crippen LogP contribution in [0.25, 0.3) is 0 Å². The fraction of sp³-hybridized carbons (Fsp3) is 0.286. The van der Waals surface area contributed by atoms with Crippen molar-refractivity contribution >= 4 is 35.0 Å². The minimum absolute atomic E-state index is 0.00373. The zero-order valence-corrected chi connectivity index (χ0v) is 21.0. The second-order valence-electron chi connectivity index (χ2n) is 8.44. The second-order valence-corrected chi connectivity index (χ2v) is 9.29. The summed E-state index contributed by atoms with van der Waals surface area (Å²) < 4.78 is 0. The lowest BCUT2D eigenvalue weighted by molar-refractivity contribution is -0.141. The van der Waals surface area contributed by atoms with E-state index in [2.05, 4.69) is 5.32 Å². The van der Waals surface area contributed by atoms with Crippen LogP contribution in [0.5, 0.6) is 0 Å². The van der Waals surface area contributed by atoms with E-state index >= 15 is 0 Å². The molecular formula is C28H30Cl2N2O2. The van der Waals surface area contributed by atoms with Gasteiger partial charge in [0, 0.05) is 29.1 Å². The summed E-state index contributed by atoms with van der Waals surface area (Å²) >= 11 is 12.6. The molecule has 0 saturated heterocycles. The Balaban J connectivity index is 1.98. The molecule has 0 unspecified atom stereocenters. The van der Waals surface area contributed by atoms with E-state index < -0.39 is 6.04 Å². The summed E-state index contributed by atoms with van der Waals surface area (Å²) in [7, 11) is 0. The molecule has 0 aromatic heterocycles. The number of halogens is 2. The average molecular weight is 497 g/mol. The summed E-state index contributed by atoms with van der Waals surface area (Å²) in [6.45, 7) is 4.21. The molecule has 0 aliphatic heterocycles. The molecule has 0 heterocycles. The predicted molar refractivity (Wildman–Crippen MR) is 139 cm³/mol. The van der Waals surface area contributed by atoms with Gasteiger partial charge in [0.15, 0.2) is 0 Å². The Morgan fingerprint density at radius 3 is 2.26 bits per heavy atom. The molecule has 3 aromatic rings. The highest BCUT2D eigenvalue weighted by molar-refractivity contribution is 6.31. The van der Waals surface area contributed by atoms with Crippen molar-refractivity contribution in [3.8, 4) is 0 Å². The minimum Gasteiger partial charge on any atom is -0.352 e. The average Bonchev–Trinajstić information content (AvgIpc) is 2.82. The molecule has 0 aliphatic rings. The molecule has 0 saturated carbocycles. The number of nitrogens with zero attached hydrogens (tertiary/aromatic N) is 1. The number of benzene rings is 3. The Kier molecular flexibility index (Phi) is 9.55. The van der Waals surface area contributed by atoms with Crippen LogP contribution in [-0.2, 0) is 29.0 Å². The van der Waals surface area contributed by atoms with Crippen molar-refractivity contribution in [2.45, 2.75) is 51.7 Å². The minimum atomic E-state index is -0.695. The first-order valence-electron chi connectivity index (χ1n) is 11.5. The van der Waals surface area contributed by atoms with Crippen LogP contribution in [0.1, 0.15) is 37.0 Å². The third-order valence-corrected chi connectivity index (χ3v) is 6.42. The van der Waals surface area contributed by atoms with Crippen molar-refractivity contribution in [3.05, 3.63) is 106 Å². The van der Waals surface area contributed by atoms with E-state index in [0.717, 1.165) is 23.1 Å². The molecule has 34 heavy (non-hydrogen) atoms. The zero-order valence-electron chi connectivity index (χ0n) is 19.5. The van der Waals surface area contributed by atoms with Gasteiger partial charge in [-0.2, -0.15) is 0 Å². The maximum atomic E-state index is 13.7. The van der Waals surface area contributed by atoms with Gasteiger partial charge >= 0.3 is 0 Å². The quantitative estimate of drug-likeness (QED) is 0.369. The van der Waals surface area contributed by atoms with E-state index in [9.17, 15) is 9.59 Å². The number of carbonyl (C=O) groups excluding carboxylic acids is 2. The summed E-state index contributed by atoms with van der Waals surface area (Å²) in [5.41, 5.74) is 2.56. The summed E-state index contributed by atoms with van der Waals surface area (Å²) in [5.74, 6) is -0.341. The topological polar surface area (TPSA) is 49.4 Å². The van der Waals surface area contributed by atoms with E-state index in [1.165, 1.54) is 0 Å². The van der Waals surface area contributed by atoms with Crippen LogP contribution in [0, 0.1) is 0 Å². The van der Waals surface area contributed by atoms with Gasteiger partial charge in [-0.05, 0) is 48.2 Å². The van der Waals surface area contributed by atoms with Crippen LogP contribution in [-0.4, -0.2) is 28.8 Å². The number of amides is 2. The van der Waals surface area contributed by atoms with Gasteiger partial charge in [0.05, 0.1) is 6.42 Å². The summed E-state index contributed by atoms with van der Waals surface area (Å²) in [6, 6.07) is 23.7. The van der Waals surface area contributed by atoms with Crippen LogP contribution in [0.15, 0.2) is 78.9 Å². The van der Waals surface area contributed by atoms with Gasteiger partial charge in [-0.15, -0.1) is 0 Å². The van der Waals surface area contributed by atoms with E-state index in [-0.39, 0.29) is 30.8 Å². The normalized spacial score (nSPS) is 12.6. The van der Waals surface area contributed by atoms with Crippen molar-refractivity contribution in [1.82, 2.24) is 10.2 Å². The third-order valence-electron chi connectivity index (χ3n) is 5.82. The molecule has 0 radical (unpaired) electrons. The van der Waals surface area contributed by atoms with E-state index in [4.69, 9.17) is 23.2 Å². The van der Waals surface area contributed by atoms with Gasteiger partial charge in [-0.25, -0.2) is 0 Å². The molecule has 178 valence electrons. The first-order chi connectivity index (χ1) is 16.4. The van der Waals surface area contributed by atoms with E-state index in [1.807, 2.05) is 74.5 Å². The standard InChI is InChI=1S/C28H30Cl2N2O2/c1-3-20(2)31-28(34)26(17-21-10-5-4-6-11-21)32(19-23-13-7-8-15-25(23)30)27(33)18-22-12-9-14-24(29)16-22/h4-16,20,26H,3,17-19H2,1-2H3,(H,31,34)/t20-,26-/m0/s1. The van der Waals surface area contributed by atoms with Gasteiger partial charge in [0.1, 0.15) is 6.04 Å². The van der Waals surface area contributed by atoms with Gasteiger partial charge in [0.25, 0.3) is 0 Å². The molecular weight excluding hydrogens is 467 g/mol. The highest BCUT2D eigenvalue weighted by atomic mass is 35.5. The number of hydrogen-bond donors (Lipinski definition) is 1.